The number of hydrogen-bond donors (Lipinski definition) is 1. The molecule has 21 heavy (non-hydrogen) atoms. The zero-order valence-corrected chi connectivity index (χ0v) is 13.8. The molecule has 1 nitrogen and oxygen atoms in total. The third-order valence-corrected chi connectivity index (χ3v) is 5.75. The van der Waals surface area contributed by atoms with Crippen LogP contribution in [-0.4, -0.2) is 13.1 Å². The number of hydrogen-bond acceptors (Lipinski definition) is 2. The summed E-state index contributed by atoms with van der Waals surface area (Å²) >= 11 is 8.39. The van der Waals surface area contributed by atoms with Crippen LogP contribution >= 0.6 is 23.4 Å². The Morgan fingerprint density at radius 2 is 1.81 bits per heavy atom. The first-order valence-electron chi connectivity index (χ1n) is 7.48. The van der Waals surface area contributed by atoms with Gasteiger partial charge in [-0.2, -0.15) is 0 Å². The molecule has 0 saturated heterocycles. The van der Waals surface area contributed by atoms with Crippen molar-refractivity contribution in [1.29, 1.82) is 0 Å². The maximum absolute atomic E-state index is 6.50. The molecule has 1 unspecified atom stereocenters. The van der Waals surface area contributed by atoms with Crippen molar-refractivity contribution in [3.8, 4) is 0 Å². The molecule has 0 saturated carbocycles. The third-order valence-electron chi connectivity index (χ3n) is 4.00. The monoisotopic (exact) mass is 317 g/mol. The van der Waals surface area contributed by atoms with Gasteiger partial charge in [-0.25, -0.2) is 0 Å². The second-order valence-corrected chi connectivity index (χ2v) is 7.19. The van der Waals surface area contributed by atoms with E-state index in [9.17, 15) is 0 Å². The lowest BCUT2D eigenvalue weighted by atomic mass is 10.0. The molecule has 3 heteroatoms. The average Bonchev–Trinajstić information content (AvgIpc) is 2.76. The van der Waals surface area contributed by atoms with Crippen molar-refractivity contribution in [1.82, 2.24) is 5.32 Å². The quantitative estimate of drug-likeness (QED) is 0.810. The topological polar surface area (TPSA) is 12.0 Å². The van der Waals surface area contributed by atoms with Crippen molar-refractivity contribution in [3.63, 3.8) is 0 Å². The van der Waals surface area contributed by atoms with Crippen molar-refractivity contribution in [2.75, 3.05) is 13.1 Å². The van der Waals surface area contributed by atoms with Gasteiger partial charge in [0.1, 0.15) is 0 Å². The van der Waals surface area contributed by atoms with Gasteiger partial charge in [0, 0.05) is 10.1 Å². The van der Waals surface area contributed by atoms with Crippen molar-refractivity contribution in [3.05, 3.63) is 64.2 Å². The van der Waals surface area contributed by atoms with E-state index in [4.69, 9.17) is 11.6 Å². The van der Waals surface area contributed by atoms with Crippen LogP contribution in [0.1, 0.15) is 28.9 Å². The molecule has 2 aromatic rings. The zero-order chi connectivity index (χ0) is 14.7. The van der Waals surface area contributed by atoms with E-state index in [0.717, 1.165) is 31.0 Å². The van der Waals surface area contributed by atoms with Crippen LogP contribution in [0.2, 0.25) is 5.02 Å². The van der Waals surface area contributed by atoms with Gasteiger partial charge in [-0.1, -0.05) is 48.0 Å². The first-order chi connectivity index (χ1) is 10.3. The van der Waals surface area contributed by atoms with Crippen LogP contribution in [-0.2, 0) is 12.8 Å². The van der Waals surface area contributed by atoms with Gasteiger partial charge in [-0.05, 0) is 55.6 Å². The molecule has 1 aliphatic rings. The van der Waals surface area contributed by atoms with Gasteiger partial charge < -0.3 is 5.32 Å². The molecule has 110 valence electrons. The lowest BCUT2D eigenvalue weighted by molar-refractivity contribution is 0.709. The summed E-state index contributed by atoms with van der Waals surface area (Å²) in [5, 5.41) is 4.77. The average molecular weight is 318 g/mol. The molecule has 0 aliphatic carbocycles. The predicted octanol–water partition coefficient (Wildman–Crippen LogP) is 4.88. The standard InChI is InChI=1S/C18H20ClNS/c1-13(14-5-3-2-4-6-14)21-18-16-10-12-20-11-9-15(16)7-8-17(18)19/h2-8,13,20H,9-12H2,1H3. The molecule has 1 atom stereocenters. The highest BCUT2D eigenvalue weighted by atomic mass is 35.5. The van der Waals surface area contributed by atoms with Gasteiger partial charge in [0.15, 0.2) is 0 Å². The van der Waals surface area contributed by atoms with Crippen molar-refractivity contribution >= 4 is 23.4 Å². The molecule has 0 spiro atoms. The molecule has 1 heterocycles. The molecule has 0 amide bonds. The van der Waals surface area contributed by atoms with E-state index in [2.05, 4.69) is 54.7 Å². The second-order valence-electron chi connectivity index (χ2n) is 5.43. The number of halogens is 1. The largest absolute Gasteiger partial charge is 0.316 e. The van der Waals surface area contributed by atoms with Crippen molar-refractivity contribution < 1.29 is 0 Å². The smallest absolute Gasteiger partial charge is 0.0545 e. The summed E-state index contributed by atoms with van der Waals surface area (Å²) in [7, 11) is 0. The molecular formula is C18H20ClNS. The van der Waals surface area contributed by atoms with Crippen molar-refractivity contribution in [2.45, 2.75) is 29.9 Å². The maximum Gasteiger partial charge on any atom is 0.0545 e. The molecule has 0 aromatic heterocycles. The van der Waals surface area contributed by atoms with E-state index >= 15 is 0 Å². The fourth-order valence-electron chi connectivity index (χ4n) is 2.81. The molecule has 0 fully saturated rings. The van der Waals surface area contributed by atoms with Crippen LogP contribution in [0.15, 0.2) is 47.4 Å². The molecular weight excluding hydrogens is 298 g/mol. The number of benzene rings is 2. The van der Waals surface area contributed by atoms with Gasteiger partial charge >= 0.3 is 0 Å². The Balaban J connectivity index is 1.91. The van der Waals surface area contributed by atoms with Crippen LogP contribution in [0.5, 0.6) is 0 Å². The Morgan fingerprint density at radius 3 is 2.62 bits per heavy atom. The number of rotatable bonds is 3. The SMILES string of the molecule is CC(Sc1c(Cl)ccc2c1CCNCC2)c1ccccc1. The first-order valence-corrected chi connectivity index (χ1v) is 8.74. The summed E-state index contributed by atoms with van der Waals surface area (Å²) in [5.41, 5.74) is 4.25. The van der Waals surface area contributed by atoms with Crippen LogP contribution in [0.3, 0.4) is 0 Å². The van der Waals surface area contributed by atoms with Gasteiger partial charge in [-0.15, -0.1) is 11.8 Å². The fourth-order valence-corrected chi connectivity index (χ4v) is 4.32. The molecule has 1 N–H and O–H groups in total. The summed E-state index contributed by atoms with van der Waals surface area (Å²) in [4.78, 5) is 1.27. The fraction of sp³-hybridized carbons (Fsp3) is 0.333. The minimum atomic E-state index is 0.409. The minimum absolute atomic E-state index is 0.409. The third kappa shape index (κ3) is 3.45. The molecule has 1 aliphatic heterocycles. The number of fused-ring (bicyclic) bond motifs is 1. The zero-order valence-electron chi connectivity index (χ0n) is 12.2. The highest BCUT2D eigenvalue weighted by Gasteiger charge is 2.18. The Morgan fingerprint density at radius 1 is 1.05 bits per heavy atom. The Kier molecular flexibility index (Phi) is 4.89. The highest BCUT2D eigenvalue weighted by molar-refractivity contribution is 7.99. The molecule has 2 aromatic carbocycles. The molecule has 0 radical (unpaired) electrons. The highest BCUT2D eigenvalue weighted by Crippen LogP contribution is 2.42. The van der Waals surface area contributed by atoms with Gasteiger partial charge in [0.05, 0.1) is 5.02 Å². The van der Waals surface area contributed by atoms with Crippen LogP contribution in [0.4, 0.5) is 0 Å². The van der Waals surface area contributed by atoms with Crippen LogP contribution in [0.25, 0.3) is 0 Å². The van der Waals surface area contributed by atoms with Gasteiger partial charge in [-0.3, -0.25) is 0 Å². The van der Waals surface area contributed by atoms with Crippen LogP contribution < -0.4 is 5.32 Å². The van der Waals surface area contributed by atoms with E-state index in [-0.39, 0.29) is 0 Å². The van der Waals surface area contributed by atoms with Crippen LogP contribution in [0, 0.1) is 0 Å². The van der Waals surface area contributed by atoms with Gasteiger partial charge in [0.2, 0.25) is 0 Å². The normalized spacial score (nSPS) is 16.1. The number of thioether (sulfide) groups is 1. The Hall–Kier alpha value is -0.960. The number of nitrogens with one attached hydrogen (secondary N) is 1. The molecule has 3 rings (SSSR count). The van der Waals surface area contributed by atoms with E-state index in [1.54, 1.807) is 0 Å². The van der Waals surface area contributed by atoms with E-state index in [1.165, 1.54) is 21.6 Å². The summed E-state index contributed by atoms with van der Waals surface area (Å²) in [6.07, 6.45) is 2.17. The lowest BCUT2D eigenvalue weighted by Gasteiger charge is -2.18. The van der Waals surface area contributed by atoms with Gasteiger partial charge in [0.25, 0.3) is 0 Å². The Labute approximate surface area is 136 Å². The molecule has 0 bridgehead atoms. The minimum Gasteiger partial charge on any atom is -0.316 e. The first kappa shape index (κ1) is 15.0. The van der Waals surface area contributed by atoms with E-state index < -0.39 is 0 Å². The van der Waals surface area contributed by atoms with E-state index in [0.29, 0.717) is 5.25 Å². The van der Waals surface area contributed by atoms with E-state index in [1.807, 2.05) is 11.8 Å². The summed E-state index contributed by atoms with van der Waals surface area (Å²) in [5.74, 6) is 0. The summed E-state index contributed by atoms with van der Waals surface area (Å²) in [6.45, 7) is 4.36. The summed E-state index contributed by atoms with van der Waals surface area (Å²) < 4.78 is 0. The van der Waals surface area contributed by atoms with Crippen molar-refractivity contribution in [2.24, 2.45) is 0 Å². The maximum atomic E-state index is 6.50. The Bertz CT molecular complexity index is 612. The second kappa shape index (κ2) is 6.87. The predicted molar refractivity (Wildman–Crippen MR) is 92.4 cm³/mol. The summed E-state index contributed by atoms with van der Waals surface area (Å²) in [6, 6.07) is 14.9. The lowest BCUT2D eigenvalue weighted by Crippen LogP contribution is -2.16.